The SMILES string of the molecule is O=C1c2cc(Br)ccc2OC(CC2CC2)C1(CO)CO. The molecule has 1 aliphatic heterocycles. The predicted molar refractivity (Wildman–Crippen MR) is 76.8 cm³/mol. The maximum atomic E-state index is 12.7. The van der Waals surface area contributed by atoms with Crippen LogP contribution in [0.15, 0.2) is 22.7 Å². The van der Waals surface area contributed by atoms with Crippen molar-refractivity contribution in [2.24, 2.45) is 11.3 Å². The second-order valence-electron chi connectivity index (χ2n) is 5.73. The smallest absolute Gasteiger partial charge is 0.181 e. The molecule has 0 aromatic heterocycles. The summed E-state index contributed by atoms with van der Waals surface area (Å²) >= 11 is 3.33. The molecule has 2 aliphatic rings. The van der Waals surface area contributed by atoms with Crippen molar-refractivity contribution in [1.29, 1.82) is 0 Å². The highest BCUT2D eigenvalue weighted by Gasteiger charge is 2.52. The van der Waals surface area contributed by atoms with Crippen molar-refractivity contribution in [1.82, 2.24) is 0 Å². The molecule has 5 heteroatoms. The van der Waals surface area contributed by atoms with Crippen LogP contribution in [0.4, 0.5) is 0 Å². The van der Waals surface area contributed by atoms with E-state index in [9.17, 15) is 15.0 Å². The van der Waals surface area contributed by atoms with E-state index in [0.717, 1.165) is 17.3 Å². The van der Waals surface area contributed by atoms with Crippen LogP contribution in [0.5, 0.6) is 5.75 Å². The van der Waals surface area contributed by atoms with E-state index in [1.807, 2.05) is 6.07 Å². The molecular weight excluding hydrogens is 324 g/mol. The maximum Gasteiger partial charge on any atom is 0.181 e. The van der Waals surface area contributed by atoms with Gasteiger partial charge in [-0.05, 0) is 30.5 Å². The van der Waals surface area contributed by atoms with Gasteiger partial charge in [-0.3, -0.25) is 4.79 Å². The van der Waals surface area contributed by atoms with Crippen LogP contribution in [0.25, 0.3) is 0 Å². The first-order valence-electron chi connectivity index (χ1n) is 6.83. The van der Waals surface area contributed by atoms with Gasteiger partial charge in [0, 0.05) is 4.47 Å². The summed E-state index contributed by atoms with van der Waals surface area (Å²) < 4.78 is 6.72. The minimum Gasteiger partial charge on any atom is -0.488 e. The van der Waals surface area contributed by atoms with E-state index in [-0.39, 0.29) is 5.78 Å². The zero-order chi connectivity index (χ0) is 14.3. The van der Waals surface area contributed by atoms with Crippen molar-refractivity contribution in [3.05, 3.63) is 28.2 Å². The van der Waals surface area contributed by atoms with E-state index < -0.39 is 24.7 Å². The van der Waals surface area contributed by atoms with Crippen molar-refractivity contribution < 1.29 is 19.7 Å². The summed E-state index contributed by atoms with van der Waals surface area (Å²) in [5.41, 5.74) is -0.800. The highest BCUT2D eigenvalue weighted by Crippen LogP contribution is 2.45. The fourth-order valence-electron chi connectivity index (χ4n) is 2.79. The number of fused-ring (bicyclic) bond motifs is 1. The third-order valence-electron chi connectivity index (χ3n) is 4.33. The quantitative estimate of drug-likeness (QED) is 0.881. The summed E-state index contributed by atoms with van der Waals surface area (Å²) in [4.78, 5) is 12.7. The largest absolute Gasteiger partial charge is 0.488 e. The lowest BCUT2D eigenvalue weighted by molar-refractivity contribution is -0.0353. The molecule has 3 rings (SSSR count). The van der Waals surface area contributed by atoms with Crippen LogP contribution in [0.1, 0.15) is 29.6 Å². The molecule has 1 unspecified atom stereocenters. The number of aliphatic hydroxyl groups is 2. The normalized spacial score (nSPS) is 24.1. The Morgan fingerprint density at radius 3 is 2.60 bits per heavy atom. The van der Waals surface area contributed by atoms with Crippen LogP contribution in [0.2, 0.25) is 0 Å². The van der Waals surface area contributed by atoms with Gasteiger partial charge in [0.25, 0.3) is 0 Å². The van der Waals surface area contributed by atoms with E-state index in [1.165, 1.54) is 0 Å². The summed E-state index contributed by atoms with van der Waals surface area (Å²) in [5.74, 6) is 0.861. The van der Waals surface area contributed by atoms with Crippen LogP contribution in [-0.4, -0.2) is 35.3 Å². The fraction of sp³-hybridized carbons (Fsp3) is 0.533. The summed E-state index contributed by atoms with van der Waals surface area (Å²) in [7, 11) is 0. The molecule has 0 saturated heterocycles. The van der Waals surface area contributed by atoms with Crippen LogP contribution >= 0.6 is 15.9 Å². The van der Waals surface area contributed by atoms with Gasteiger partial charge in [-0.1, -0.05) is 28.8 Å². The van der Waals surface area contributed by atoms with Crippen LogP contribution in [0.3, 0.4) is 0 Å². The molecule has 1 aromatic carbocycles. The molecule has 1 saturated carbocycles. The van der Waals surface area contributed by atoms with E-state index >= 15 is 0 Å². The Hall–Kier alpha value is -0.910. The van der Waals surface area contributed by atoms with Gasteiger partial charge in [-0.25, -0.2) is 0 Å². The second kappa shape index (κ2) is 5.13. The lowest BCUT2D eigenvalue weighted by Crippen LogP contribution is -2.54. The predicted octanol–water partition coefficient (Wildman–Crippen LogP) is 2.16. The second-order valence-corrected chi connectivity index (χ2v) is 6.64. The number of halogens is 1. The van der Waals surface area contributed by atoms with Crippen molar-refractivity contribution in [2.45, 2.75) is 25.4 Å². The van der Waals surface area contributed by atoms with Crippen molar-refractivity contribution >= 4 is 21.7 Å². The average Bonchev–Trinajstić information content (AvgIpc) is 3.25. The number of aliphatic hydroxyl groups excluding tert-OH is 2. The number of hydrogen-bond acceptors (Lipinski definition) is 4. The minimum atomic E-state index is -1.23. The third-order valence-corrected chi connectivity index (χ3v) is 4.83. The monoisotopic (exact) mass is 340 g/mol. The zero-order valence-corrected chi connectivity index (χ0v) is 12.6. The molecule has 1 heterocycles. The van der Waals surface area contributed by atoms with Gasteiger partial charge in [-0.15, -0.1) is 0 Å². The van der Waals surface area contributed by atoms with Gasteiger partial charge >= 0.3 is 0 Å². The molecule has 1 atom stereocenters. The van der Waals surface area contributed by atoms with Gasteiger partial charge in [0.2, 0.25) is 0 Å². The number of carbonyl (C=O) groups excluding carboxylic acids is 1. The molecule has 1 aliphatic carbocycles. The first-order chi connectivity index (χ1) is 9.60. The van der Waals surface area contributed by atoms with E-state index in [4.69, 9.17) is 4.74 Å². The molecule has 2 N–H and O–H groups in total. The molecule has 0 spiro atoms. The molecular formula is C15H17BrO4. The molecule has 108 valence electrons. The highest BCUT2D eigenvalue weighted by atomic mass is 79.9. The summed E-state index contributed by atoms with van der Waals surface area (Å²) in [6, 6.07) is 5.27. The van der Waals surface area contributed by atoms with E-state index in [2.05, 4.69) is 15.9 Å². The third kappa shape index (κ3) is 2.18. The standard InChI is InChI=1S/C15H17BrO4/c16-10-3-4-12-11(6-10)14(19)15(7-17,8-18)13(20-12)5-9-1-2-9/h3-4,6,9,13,17-18H,1-2,5,7-8H2. The van der Waals surface area contributed by atoms with Crippen molar-refractivity contribution in [3.63, 3.8) is 0 Å². The Balaban J connectivity index is 2.03. The summed E-state index contributed by atoms with van der Waals surface area (Å²) in [6.07, 6.45) is 2.52. The Bertz CT molecular complexity index is 535. The number of hydrogen-bond donors (Lipinski definition) is 2. The van der Waals surface area contributed by atoms with E-state index in [0.29, 0.717) is 23.7 Å². The van der Waals surface area contributed by atoms with Gasteiger partial charge in [0.05, 0.1) is 18.8 Å². The zero-order valence-electron chi connectivity index (χ0n) is 11.0. The summed E-state index contributed by atoms with van der Waals surface area (Å²) in [6.45, 7) is -0.794. The Morgan fingerprint density at radius 1 is 1.30 bits per heavy atom. The average molecular weight is 341 g/mol. The molecule has 20 heavy (non-hydrogen) atoms. The Kier molecular flexibility index (Phi) is 3.60. The number of Topliss-reactive ketones (excluding diaryl/α,β-unsaturated/α-hetero) is 1. The van der Waals surface area contributed by atoms with Gasteiger partial charge in [0.1, 0.15) is 17.3 Å². The number of rotatable bonds is 4. The Labute approximate surface area is 125 Å². The fourth-order valence-corrected chi connectivity index (χ4v) is 3.15. The first-order valence-corrected chi connectivity index (χ1v) is 7.63. The lowest BCUT2D eigenvalue weighted by Gasteiger charge is -2.41. The molecule has 1 aromatic rings. The van der Waals surface area contributed by atoms with Crippen LogP contribution in [0, 0.1) is 11.3 Å². The molecule has 0 bridgehead atoms. The Morgan fingerprint density at radius 2 is 2.00 bits per heavy atom. The first kappa shape index (κ1) is 14.0. The number of ether oxygens (including phenoxy) is 1. The number of benzene rings is 1. The van der Waals surface area contributed by atoms with Crippen LogP contribution < -0.4 is 4.74 Å². The lowest BCUT2D eigenvalue weighted by atomic mass is 9.73. The molecule has 0 amide bonds. The van der Waals surface area contributed by atoms with Gasteiger partial charge in [-0.2, -0.15) is 0 Å². The summed E-state index contributed by atoms with van der Waals surface area (Å²) in [5, 5.41) is 19.5. The van der Waals surface area contributed by atoms with Gasteiger partial charge < -0.3 is 14.9 Å². The van der Waals surface area contributed by atoms with Gasteiger partial charge in [0.15, 0.2) is 5.78 Å². The number of ketones is 1. The minimum absolute atomic E-state index is 0.226. The highest BCUT2D eigenvalue weighted by molar-refractivity contribution is 9.10. The van der Waals surface area contributed by atoms with Crippen molar-refractivity contribution in [3.8, 4) is 5.75 Å². The topological polar surface area (TPSA) is 66.8 Å². The molecule has 4 nitrogen and oxygen atoms in total. The maximum absolute atomic E-state index is 12.7. The van der Waals surface area contributed by atoms with Crippen molar-refractivity contribution in [2.75, 3.05) is 13.2 Å². The van der Waals surface area contributed by atoms with Crippen LogP contribution in [-0.2, 0) is 0 Å². The number of carbonyl (C=O) groups is 1. The molecule has 1 fully saturated rings. The molecule has 0 radical (unpaired) electrons. The van der Waals surface area contributed by atoms with E-state index in [1.54, 1.807) is 12.1 Å².